The third-order valence-corrected chi connectivity index (χ3v) is 4.32. The van der Waals surface area contributed by atoms with Crippen molar-refractivity contribution in [3.8, 4) is 0 Å². The zero-order valence-corrected chi connectivity index (χ0v) is 13.8. The molecule has 20 heavy (non-hydrogen) atoms. The van der Waals surface area contributed by atoms with Gasteiger partial charge in [0.15, 0.2) is 0 Å². The van der Waals surface area contributed by atoms with Crippen LogP contribution in [-0.2, 0) is 13.0 Å². The summed E-state index contributed by atoms with van der Waals surface area (Å²) in [4.78, 5) is 0. The minimum atomic E-state index is 0.418. The molecule has 1 N–H and O–H groups in total. The van der Waals surface area contributed by atoms with Gasteiger partial charge in [0.25, 0.3) is 0 Å². The van der Waals surface area contributed by atoms with E-state index in [2.05, 4.69) is 50.0 Å². The summed E-state index contributed by atoms with van der Waals surface area (Å²) in [6.45, 7) is 11.5. The first-order valence-corrected chi connectivity index (χ1v) is 8.41. The number of aryl methyl sites for hydroxylation is 2. The van der Waals surface area contributed by atoms with Gasteiger partial charge in [-0.05, 0) is 55.2 Å². The zero-order valence-electron chi connectivity index (χ0n) is 13.8. The van der Waals surface area contributed by atoms with Crippen LogP contribution >= 0.6 is 0 Å². The predicted octanol–water partition coefficient (Wildman–Crippen LogP) is 4.69. The fraction of sp³-hybridized carbons (Fsp3) is 0.778. The lowest BCUT2D eigenvalue weighted by Gasteiger charge is -2.18. The Balaban J connectivity index is 2.08. The molecular weight excluding hydrogens is 244 g/mol. The van der Waals surface area contributed by atoms with Crippen molar-refractivity contribution in [3.63, 3.8) is 0 Å². The summed E-state index contributed by atoms with van der Waals surface area (Å²) in [7, 11) is 0. The highest BCUT2D eigenvalue weighted by Gasteiger charge is 2.20. The van der Waals surface area contributed by atoms with Crippen molar-refractivity contribution in [2.24, 2.45) is 5.41 Å². The average Bonchev–Trinajstić information content (AvgIpc) is 2.69. The molecule has 1 heterocycles. The molecule has 0 aromatic carbocycles. The summed E-state index contributed by atoms with van der Waals surface area (Å²) >= 11 is 0. The van der Waals surface area contributed by atoms with Crippen LogP contribution in [0.4, 0.5) is 0 Å². The van der Waals surface area contributed by atoms with Crippen LogP contribution in [0.15, 0.2) is 12.4 Å². The molecule has 1 atom stereocenters. The monoisotopic (exact) mass is 276 g/mol. The lowest BCUT2D eigenvalue weighted by atomic mass is 9.92. The number of fused-ring (bicyclic) bond motifs is 1. The van der Waals surface area contributed by atoms with Gasteiger partial charge in [-0.1, -0.05) is 34.1 Å². The first-order chi connectivity index (χ1) is 9.49. The van der Waals surface area contributed by atoms with Crippen molar-refractivity contribution < 1.29 is 0 Å². The Morgan fingerprint density at radius 1 is 1.25 bits per heavy atom. The first-order valence-electron chi connectivity index (χ1n) is 8.41. The molecule has 1 aliphatic carbocycles. The van der Waals surface area contributed by atoms with Gasteiger partial charge in [-0.15, -0.1) is 0 Å². The molecule has 0 saturated heterocycles. The van der Waals surface area contributed by atoms with Crippen LogP contribution in [0.25, 0.3) is 0 Å². The van der Waals surface area contributed by atoms with Crippen LogP contribution in [-0.4, -0.2) is 11.1 Å². The number of rotatable bonds is 5. The van der Waals surface area contributed by atoms with Crippen LogP contribution in [0.2, 0.25) is 0 Å². The molecule has 1 unspecified atom stereocenters. The fourth-order valence-corrected chi connectivity index (χ4v) is 3.04. The van der Waals surface area contributed by atoms with Crippen LogP contribution in [0.5, 0.6) is 0 Å². The summed E-state index contributed by atoms with van der Waals surface area (Å²) in [6, 6.07) is 0.586. The van der Waals surface area contributed by atoms with E-state index in [0.29, 0.717) is 11.5 Å². The highest BCUT2D eigenvalue weighted by molar-refractivity contribution is 5.29. The molecule has 1 aliphatic rings. The summed E-state index contributed by atoms with van der Waals surface area (Å²) in [6.07, 6.45) is 12.6. The van der Waals surface area contributed by atoms with E-state index in [1.54, 1.807) is 11.1 Å². The SMILES string of the molecule is CCCNC1CCCCc2cn(CCC(C)(C)C)cc21. The van der Waals surface area contributed by atoms with Crippen molar-refractivity contribution in [1.82, 2.24) is 9.88 Å². The Kier molecular flexibility index (Phi) is 5.31. The minimum absolute atomic E-state index is 0.418. The topological polar surface area (TPSA) is 17.0 Å². The number of nitrogens with one attached hydrogen (secondary N) is 1. The standard InChI is InChI=1S/C18H32N2/c1-5-11-19-17-9-7-6-8-15-13-20(14-16(15)17)12-10-18(2,3)4/h13-14,17,19H,5-12H2,1-4H3. The highest BCUT2D eigenvalue weighted by atomic mass is 15.0. The zero-order chi connectivity index (χ0) is 14.6. The van der Waals surface area contributed by atoms with Crippen LogP contribution in [0.1, 0.15) is 77.0 Å². The Morgan fingerprint density at radius 3 is 2.75 bits per heavy atom. The number of aromatic nitrogens is 1. The van der Waals surface area contributed by atoms with Crippen molar-refractivity contribution in [1.29, 1.82) is 0 Å². The second-order valence-corrected chi connectivity index (χ2v) is 7.54. The molecule has 0 fully saturated rings. The van der Waals surface area contributed by atoms with Gasteiger partial charge in [-0.3, -0.25) is 0 Å². The number of hydrogen-bond donors (Lipinski definition) is 1. The Labute approximate surface area is 125 Å². The molecule has 114 valence electrons. The summed E-state index contributed by atoms with van der Waals surface area (Å²) in [5.74, 6) is 0. The van der Waals surface area contributed by atoms with Gasteiger partial charge in [-0.25, -0.2) is 0 Å². The molecule has 2 rings (SSSR count). The van der Waals surface area contributed by atoms with Gasteiger partial charge >= 0.3 is 0 Å². The van der Waals surface area contributed by atoms with E-state index in [9.17, 15) is 0 Å². The maximum absolute atomic E-state index is 3.74. The Morgan fingerprint density at radius 2 is 2.05 bits per heavy atom. The van der Waals surface area contributed by atoms with Crippen molar-refractivity contribution >= 4 is 0 Å². The van der Waals surface area contributed by atoms with E-state index in [1.165, 1.54) is 38.5 Å². The van der Waals surface area contributed by atoms with Gasteiger partial charge in [0, 0.05) is 25.0 Å². The van der Waals surface area contributed by atoms with Crippen molar-refractivity contribution in [2.45, 2.75) is 78.8 Å². The van der Waals surface area contributed by atoms with Gasteiger partial charge in [0.2, 0.25) is 0 Å². The smallest absolute Gasteiger partial charge is 0.0338 e. The van der Waals surface area contributed by atoms with Gasteiger partial charge in [-0.2, -0.15) is 0 Å². The molecule has 2 nitrogen and oxygen atoms in total. The van der Waals surface area contributed by atoms with Crippen molar-refractivity contribution in [3.05, 3.63) is 23.5 Å². The molecule has 2 heteroatoms. The molecule has 0 radical (unpaired) electrons. The fourth-order valence-electron chi connectivity index (χ4n) is 3.04. The molecule has 0 amide bonds. The molecule has 1 aromatic heterocycles. The Bertz CT molecular complexity index is 412. The third kappa shape index (κ3) is 4.37. The predicted molar refractivity (Wildman–Crippen MR) is 87.1 cm³/mol. The maximum atomic E-state index is 3.74. The van der Waals surface area contributed by atoms with E-state index in [1.807, 2.05) is 0 Å². The molecule has 0 aliphatic heterocycles. The highest BCUT2D eigenvalue weighted by Crippen LogP contribution is 2.30. The average molecular weight is 276 g/mol. The number of hydrogen-bond acceptors (Lipinski definition) is 1. The first kappa shape index (κ1) is 15.6. The normalized spacial score (nSPS) is 19.7. The number of nitrogens with zero attached hydrogens (tertiary/aromatic N) is 1. The van der Waals surface area contributed by atoms with E-state index < -0.39 is 0 Å². The maximum Gasteiger partial charge on any atom is 0.0338 e. The molecule has 0 bridgehead atoms. The lowest BCUT2D eigenvalue weighted by molar-refractivity contribution is 0.350. The minimum Gasteiger partial charge on any atom is -0.354 e. The largest absolute Gasteiger partial charge is 0.354 e. The summed E-state index contributed by atoms with van der Waals surface area (Å²) in [5, 5.41) is 3.74. The lowest BCUT2D eigenvalue weighted by Crippen LogP contribution is -2.21. The van der Waals surface area contributed by atoms with Gasteiger partial charge < -0.3 is 9.88 Å². The van der Waals surface area contributed by atoms with Gasteiger partial charge in [0.05, 0.1) is 0 Å². The molecule has 0 saturated carbocycles. The van der Waals surface area contributed by atoms with Gasteiger partial charge in [0.1, 0.15) is 0 Å². The summed E-state index contributed by atoms with van der Waals surface area (Å²) in [5.41, 5.74) is 3.58. The van der Waals surface area contributed by atoms with Crippen LogP contribution in [0.3, 0.4) is 0 Å². The summed E-state index contributed by atoms with van der Waals surface area (Å²) < 4.78 is 2.43. The second-order valence-electron chi connectivity index (χ2n) is 7.54. The quantitative estimate of drug-likeness (QED) is 0.772. The van der Waals surface area contributed by atoms with E-state index in [-0.39, 0.29) is 0 Å². The molecule has 0 spiro atoms. The van der Waals surface area contributed by atoms with E-state index >= 15 is 0 Å². The third-order valence-electron chi connectivity index (χ3n) is 4.32. The van der Waals surface area contributed by atoms with E-state index in [4.69, 9.17) is 0 Å². The van der Waals surface area contributed by atoms with Crippen LogP contribution < -0.4 is 5.32 Å². The molecule has 1 aromatic rings. The van der Waals surface area contributed by atoms with E-state index in [0.717, 1.165) is 13.1 Å². The Hall–Kier alpha value is -0.760. The van der Waals surface area contributed by atoms with Crippen LogP contribution in [0, 0.1) is 5.41 Å². The second kappa shape index (κ2) is 6.80. The van der Waals surface area contributed by atoms with Crippen molar-refractivity contribution in [2.75, 3.05) is 6.54 Å². The molecular formula is C18H32N2.